The molecule has 0 unspecified atom stereocenters. The number of nitrogens with zero attached hydrogens (tertiary/aromatic N) is 1. The number of hydrogen-bond acceptors (Lipinski definition) is 4. The van der Waals surface area contributed by atoms with Crippen LogP contribution in [0.5, 0.6) is 5.75 Å². The molecule has 0 saturated carbocycles. The Labute approximate surface area is 156 Å². The molecule has 0 amide bonds. The highest BCUT2D eigenvalue weighted by atomic mass is 32.2. The van der Waals surface area contributed by atoms with Crippen molar-refractivity contribution in [2.45, 2.75) is 31.4 Å². The van der Waals surface area contributed by atoms with Crippen LogP contribution in [0.3, 0.4) is 0 Å². The maximum Gasteiger partial charge on any atom is 0.191 e. The largest absolute Gasteiger partial charge is 0.492 e. The zero-order valence-corrected chi connectivity index (χ0v) is 16.5. The third-order valence-electron chi connectivity index (χ3n) is 4.39. The molecule has 0 bridgehead atoms. The van der Waals surface area contributed by atoms with E-state index in [1.165, 1.54) is 5.56 Å². The molecule has 1 saturated heterocycles. The first-order valence-electron chi connectivity index (χ1n) is 9.02. The molecule has 1 aliphatic heterocycles. The van der Waals surface area contributed by atoms with Crippen molar-refractivity contribution in [1.82, 2.24) is 10.6 Å². The zero-order valence-electron chi connectivity index (χ0n) is 15.6. The van der Waals surface area contributed by atoms with Crippen LogP contribution >= 0.6 is 11.8 Å². The summed E-state index contributed by atoms with van der Waals surface area (Å²) in [4.78, 5) is 4.80. The predicted molar refractivity (Wildman–Crippen MR) is 107 cm³/mol. The molecule has 1 aliphatic rings. The molecule has 5 nitrogen and oxygen atoms in total. The van der Waals surface area contributed by atoms with Crippen molar-refractivity contribution in [1.29, 1.82) is 0 Å². The van der Waals surface area contributed by atoms with Gasteiger partial charge in [-0.3, -0.25) is 4.99 Å². The second-order valence-electron chi connectivity index (χ2n) is 6.28. The Hall–Kier alpha value is -1.40. The molecule has 2 N–H and O–H groups in total. The number of hydrogen-bond donors (Lipinski definition) is 2. The lowest BCUT2D eigenvalue weighted by atomic mass is 9.99. The van der Waals surface area contributed by atoms with Crippen LogP contribution in [0.2, 0.25) is 0 Å². The number of thioether (sulfide) groups is 1. The zero-order chi connectivity index (χ0) is 18.0. The summed E-state index contributed by atoms with van der Waals surface area (Å²) < 4.78 is 11.5. The summed E-state index contributed by atoms with van der Waals surface area (Å²) in [5.41, 5.74) is 1.24. The van der Waals surface area contributed by atoms with E-state index in [9.17, 15) is 0 Å². The Bertz CT molecular complexity index is 528. The number of ether oxygens (including phenoxy) is 2. The first-order valence-corrected chi connectivity index (χ1v) is 10.2. The summed E-state index contributed by atoms with van der Waals surface area (Å²) in [5, 5.41) is 6.67. The van der Waals surface area contributed by atoms with E-state index in [-0.39, 0.29) is 4.75 Å². The first kappa shape index (κ1) is 19.9. The number of aliphatic imine (C=N–C) groups is 1. The van der Waals surface area contributed by atoms with Crippen molar-refractivity contribution < 1.29 is 9.47 Å². The van der Waals surface area contributed by atoms with E-state index in [0.29, 0.717) is 6.61 Å². The fraction of sp³-hybridized carbons (Fsp3) is 0.632. The number of rotatable bonds is 8. The lowest BCUT2D eigenvalue weighted by Gasteiger charge is -2.34. The Morgan fingerprint density at radius 2 is 1.96 bits per heavy atom. The van der Waals surface area contributed by atoms with Crippen molar-refractivity contribution in [3.8, 4) is 5.75 Å². The molecule has 0 atom stereocenters. The lowest BCUT2D eigenvalue weighted by molar-refractivity contribution is 0.0794. The van der Waals surface area contributed by atoms with Gasteiger partial charge < -0.3 is 20.1 Å². The van der Waals surface area contributed by atoms with E-state index in [2.05, 4.69) is 42.9 Å². The standard InChI is InChI=1S/C19H31N3O2S/c1-4-20-18(22-15-19(25-3)9-12-23-13-10-19)21-11-14-24-17-7-5-16(2)6-8-17/h5-8H,4,9-15H2,1-3H3,(H2,20,21,22). The second kappa shape index (κ2) is 10.6. The molecule has 1 heterocycles. The van der Waals surface area contributed by atoms with E-state index in [1.807, 2.05) is 23.9 Å². The summed E-state index contributed by atoms with van der Waals surface area (Å²) in [6, 6.07) is 8.12. The van der Waals surface area contributed by atoms with Crippen LogP contribution in [0.15, 0.2) is 29.3 Å². The smallest absolute Gasteiger partial charge is 0.191 e. The van der Waals surface area contributed by atoms with Crippen molar-refractivity contribution in [3.63, 3.8) is 0 Å². The molecule has 0 aromatic heterocycles. The second-order valence-corrected chi connectivity index (χ2v) is 7.56. The molecule has 2 rings (SSSR count). The van der Waals surface area contributed by atoms with Gasteiger partial charge in [0.1, 0.15) is 12.4 Å². The van der Waals surface area contributed by atoms with E-state index in [0.717, 1.165) is 57.4 Å². The highest BCUT2D eigenvalue weighted by Crippen LogP contribution is 2.33. The minimum atomic E-state index is 0.207. The van der Waals surface area contributed by atoms with Crippen molar-refractivity contribution >= 4 is 17.7 Å². The first-order chi connectivity index (χ1) is 12.2. The fourth-order valence-electron chi connectivity index (χ4n) is 2.71. The Morgan fingerprint density at radius 3 is 2.60 bits per heavy atom. The van der Waals surface area contributed by atoms with E-state index >= 15 is 0 Å². The maximum absolute atomic E-state index is 5.76. The van der Waals surface area contributed by atoms with Crippen molar-refractivity contribution in [2.24, 2.45) is 4.99 Å². The molecule has 140 valence electrons. The lowest BCUT2D eigenvalue weighted by Crippen LogP contribution is -2.42. The SMILES string of the molecule is CCNC(=NCC1(SC)CCOCC1)NCCOc1ccc(C)cc1. The van der Waals surface area contributed by atoms with Gasteiger partial charge in [-0.2, -0.15) is 11.8 Å². The Morgan fingerprint density at radius 1 is 1.24 bits per heavy atom. The minimum absolute atomic E-state index is 0.207. The van der Waals surface area contributed by atoms with Crippen LogP contribution < -0.4 is 15.4 Å². The third-order valence-corrected chi connectivity index (χ3v) is 5.79. The molecule has 6 heteroatoms. The van der Waals surface area contributed by atoms with Crippen LogP contribution in [-0.4, -0.2) is 56.4 Å². The van der Waals surface area contributed by atoms with Crippen LogP contribution in [-0.2, 0) is 4.74 Å². The average molecular weight is 366 g/mol. The predicted octanol–water partition coefficient (Wildman–Crippen LogP) is 2.84. The summed E-state index contributed by atoms with van der Waals surface area (Å²) in [7, 11) is 0. The van der Waals surface area contributed by atoms with E-state index in [1.54, 1.807) is 0 Å². The van der Waals surface area contributed by atoms with Gasteiger partial charge >= 0.3 is 0 Å². The quantitative estimate of drug-likeness (QED) is 0.421. The van der Waals surface area contributed by atoms with Gasteiger partial charge in [0.2, 0.25) is 0 Å². The molecule has 0 spiro atoms. The Kier molecular flexibility index (Phi) is 8.41. The van der Waals surface area contributed by atoms with Gasteiger partial charge in [-0.25, -0.2) is 0 Å². The highest BCUT2D eigenvalue weighted by Gasteiger charge is 2.31. The molecule has 1 aromatic carbocycles. The van der Waals surface area contributed by atoms with Gasteiger partial charge in [-0.1, -0.05) is 17.7 Å². The van der Waals surface area contributed by atoms with Crippen LogP contribution in [0.25, 0.3) is 0 Å². The topological polar surface area (TPSA) is 54.9 Å². The van der Waals surface area contributed by atoms with Gasteiger partial charge in [-0.15, -0.1) is 0 Å². The van der Waals surface area contributed by atoms with Gasteiger partial charge in [0.15, 0.2) is 5.96 Å². The van der Waals surface area contributed by atoms with Crippen molar-refractivity contribution in [2.75, 3.05) is 45.7 Å². The monoisotopic (exact) mass is 365 g/mol. The number of nitrogens with one attached hydrogen (secondary N) is 2. The number of benzene rings is 1. The van der Waals surface area contributed by atoms with Crippen molar-refractivity contribution in [3.05, 3.63) is 29.8 Å². The van der Waals surface area contributed by atoms with Gasteiger partial charge in [0.05, 0.1) is 13.1 Å². The third kappa shape index (κ3) is 6.78. The summed E-state index contributed by atoms with van der Waals surface area (Å²) >= 11 is 1.91. The molecule has 25 heavy (non-hydrogen) atoms. The molecular formula is C19H31N3O2S. The molecule has 0 aliphatic carbocycles. The highest BCUT2D eigenvalue weighted by molar-refractivity contribution is 8.00. The Balaban J connectivity index is 1.79. The van der Waals surface area contributed by atoms with Gasteiger partial charge in [0.25, 0.3) is 0 Å². The van der Waals surface area contributed by atoms with Gasteiger partial charge in [0, 0.05) is 24.5 Å². The summed E-state index contributed by atoms with van der Waals surface area (Å²) in [6.07, 6.45) is 4.30. The fourth-order valence-corrected chi connectivity index (χ4v) is 3.48. The van der Waals surface area contributed by atoms with Crippen LogP contribution in [0.4, 0.5) is 0 Å². The maximum atomic E-state index is 5.76. The number of aryl methyl sites for hydroxylation is 1. The summed E-state index contributed by atoms with van der Waals surface area (Å²) in [5.74, 6) is 1.76. The van der Waals surface area contributed by atoms with Crippen LogP contribution in [0, 0.1) is 6.92 Å². The molecule has 0 radical (unpaired) electrons. The van der Waals surface area contributed by atoms with Crippen LogP contribution in [0.1, 0.15) is 25.3 Å². The summed E-state index contributed by atoms with van der Waals surface area (Å²) in [6.45, 7) is 8.81. The molecular weight excluding hydrogens is 334 g/mol. The molecule has 1 fully saturated rings. The van der Waals surface area contributed by atoms with E-state index in [4.69, 9.17) is 14.5 Å². The average Bonchev–Trinajstić information content (AvgIpc) is 2.65. The van der Waals surface area contributed by atoms with E-state index < -0.39 is 0 Å². The van der Waals surface area contributed by atoms with Gasteiger partial charge in [-0.05, 0) is 45.1 Å². The normalized spacial score (nSPS) is 17.2. The molecule has 1 aromatic rings. The number of guanidine groups is 1. The minimum Gasteiger partial charge on any atom is -0.492 e.